The molecule has 0 aromatic heterocycles. The maximum absolute atomic E-state index is 12.6. The van der Waals surface area contributed by atoms with Crippen molar-refractivity contribution < 1.29 is 14.3 Å². The minimum absolute atomic E-state index is 0.272. The van der Waals surface area contributed by atoms with Crippen LogP contribution in [0, 0.1) is 0 Å². The molecule has 2 nitrogen and oxygen atoms in total. The van der Waals surface area contributed by atoms with Crippen LogP contribution < -0.4 is 0 Å². The number of carboxylic acids is 1. The predicted molar refractivity (Wildman–Crippen MR) is 96.5 cm³/mol. The van der Waals surface area contributed by atoms with Gasteiger partial charge in [0.1, 0.15) is 0 Å². The molecule has 1 N–H and O–H groups in total. The first-order valence-corrected chi connectivity index (χ1v) is 9.28. The molecule has 0 saturated heterocycles. The Balaban J connectivity index is 3.17. The molecular weight excluding hydrogens is 291 g/mol. The number of halogens is 1. The van der Waals surface area contributed by atoms with Gasteiger partial charge in [0.25, 0.3) is 0 Å². The Morgan fingerprint density at radius 2 is 1.26 bits per heavy atom. The van der Waals surface area contributed by atoms with E-state index in [0.29, 0.717) is 6.42 Å². The van der Waals surface area contributed by atoms with Crippen molar-refractivity contribution in [1.82, 2.24) is 0 Å². The lowest BCUT2D eigenvalue weighted by Gasteiger charge is -1.99. The average molecular weight is 326 g/mol. The molecule has 0 saturated carbocycles. The lowest BCUT2D eigenvalue weighted by Crippen LogP contribution is -1.92. The van der Waals surface area contributed by atoms with Gasteiger partial charge in [-0.15, -0.1) is 0 Å². The van der Waals surface area contributed by atoms with E-state index in [9.17, 15) is 9.18 Å². The summed E-state index contributed by atoms with van der Waals surface area (Å²) in [5, 5.41) is 8.51. The second kappa shape index (κ2) is 17.2. The summed E-state index contributed by atoms with van der Waals surface area (Å²) in [6.07, 6.45) is 21.2. The van der Waals surface area contributed by atoms with Gasteiger partial charge in [-0.2, -0.15) is 0 Å². The highest BCUT2D eigenvalue weighted by molar-refractivity contribution is 5.66. The van der Waals surface area contributed by atoms with Crippen LogP contribution in [0.25, 0.3) is 0 Å². The van der Waals surface area contributed by atoms with Crippen molar-refractivity contribution in [3.8, 4) is 0 Å². The van der Waals surface area contributed by atoms with E-state index in [4.69, 9.17) is 5.11 Å². The molecule has 0 amide bonds. The Morgan fingerprint density at radius 3 is 1.74 bits per heavy atom. The van der Waals surface area contributed by atoms with E-state index < -0.39 is 12.1 Å². The summed E-state index contributed by atoms with van der Waals surface area (Å²) in [6.45, 7) is 1.62. The first-order chi connectivity index (χ1) is 11.1. The molecule has 3 heteroatoms. The quantitative estimate of drug-likeness (QED) is 0.256. The molecule has 0 rings (SSSR count). The van der Waals surface area contributed by atoms with E-state index in [1.807, 2.05) is 0 Å². The zero-order valence-electron chi connectivity index (χ0n) is 14.8. The van der Waals surface area contributed by atoms with Crippen molar-refractivity contribution in [1.29, 1.82) is 0 Å². The number of carbonyl (C=O) groups is 1. The van der Waals surface area contributed by atoms with Crippen LogP contribution in [0.15, 0.2) is 24.3 Å². The van der Waals surface area contributed by atoms with Gasteiger partial charge in [-0.05, 0) is 64.7 Å². The smallest absolute Gasteiger partial charge is 0.303 e. The van der Waals surface area contributed by atoms with Crippen LogP contribution in [0.2, 0.25) is 0 Å². The number of alkyl halides is 1. The van der Waals surface area contributed by atoms with Gasteiger partial charge >= 0.3 is 5.97 Å². The van der Waals surface area contributed by atoms with E-state index in [1.165, 1.54) is 32.1 Å². The number of hydrogen-bond donors (Lipinski definition) is 1. The minimum atomic E-state index is -0.706. The molecular formula is C20H35FO2. The fraction of sp³-hybridized carbons (Fsp3) is 0.750. The second-order valence-electron chi connectivity index (χ2n) is 6.29. The molecule has 134 valence electrons. The SMILES string of the molecule is CC(F)CCC/C=C\CCCCCCC/C=C\CCCC(=O)O. The molecule has 23 heavy (non-hydrogen) atoms. The van der Waals surface area contributed by atoms with Crippen LogP contribution in [-0.2, 0) is 4.79 Å². The standard InChI is InChI=1S/C20H35FO2/c1-19(21)17-15-13-11-9-7-5-3-2-4-6-8-10-12-14-16-18-20(22)23/h9-12,19H,2-8,13-18H2,1H3,(H,22,23)/b11-9-,12-10-. The van der Waals surface area contributed by atoms with Gasteiger partial charge < -0.3 is 5.11 Å². The van der Waals surface area contributed by atoms with Crippen molar-refractivity contribution in [2.24, 2.45) is 0 Å². The van der Waals surface area contributed by atoms with Gasteiger partial charge in [0, 0.05) is 6.42 Å². The van der Waals surface area contributed by atoms with Crippen molar-refractivity contribution in [2.45, 2.75) is 96.6 Å². The molecule has 0 aliphatic rings. The van der Waals surface area contributed by atoms with Gasteiger partial charge in [0.2, 0.25) is 0 Å². The summed E-state index contributed by atoms with van der Waals surface area (Å²) in [5.74, 6) is -0.706. The predicted octanol–water partition coefficient (Wildman–Crippen LogP) is 6.61. The highest BCUT2D eigenvalue weighted by Gasteiger charge is 1.95. The summed E-state index contributed by atoms with van der Waals surface area (Å²) in [4.78, 5) is 10.3. The fourth-order valence-corrected chi connectivity index (χ4v) is 2.41. The number of aliphatic carboxylic acids is 1. The summed E-state index contributed by atoms with van der Waals surface area (Å²) in [5.41, 5.74) is 0. The lowest BCUT2D eigenvalue weighted by atomic mass is 10.1. The van der Waals surface area contributed by atoms with Crippen LogP contribution >= 0.6 is 0 Å². The maximum Gasteiger partial charge on any atom is 0.303 e. The van der Waals surface area contributed by atoms with Gasteiger partial charge in [0.15, 0.2) is 0 Å². The summed E-state index contributed by atoms with van der Waals surface area (Å²) in [6, 6.07) is 0. The third kappa shape index (κ3) is 20.9. The van der Waals surface area contributed by atoms with Crippen molar-refractivity contribution in [2.75, 3.05) is 0 Å². The Morgan fingerprint density at radius 1 is 0.826 bits per heavy atom. The van der Waals surface area contributed by atoms with Gasteiger partial charge in [0.05, 0.1) is 6.17 Å². The summed E-state index contributed by atoms with van der Waals surface area (Å²) >= 11 is 0. The zero-order chi connectivity index (χ0) is 17.2. The minimum Gasteiger partial charge on any atom is -0.481 e. The highest BCUT2D eigenvalue weighted by Crippen LogP contribution is 2.09. The number of hydrogen-bond acceptors (Lipinski definition) is 1. The third-order valence-electron chi connectivity index (χ3n) is 3.81. The van der Waals surface area contributed by atoms with Crippen LogP contribution in [-0.4, -0.2) is 17.2 Å². The fourth-order valence-electron chi connectivity index (χ4n) is 2.41. The molecule has 0 aliphatic heterocycles. The molecule has 1 unspecified atom stereocenters. The second-order valence-corrected chi connectivity index (χ2v) is 6.29. The van der Waals surface area contributed by atoms with Gasteiger partial charge in [-0.25, -0.2) is 4.39 Å². The van der Waals surface area contributed by atoms with Crippen LogP contribution in [0.4, 0.5) is 4.39 Å². The van der Waals surface area contributed by atoms with Crippen LogP contribution in [0.3, 0.4) is 0 Å². The highest BCUT2D eigenvalue weighted by atomic mass is 19.1. The van der Waals surface area contributed by atoms with Crippen molar-refractivity contribution >= 4 is 5.97 Å². The molecule has 1 atom stereocenters. The number of rotatable bonds is 16. The molecule has 0 aromatic rings. The Kier molecular flexibility index (Phi) is 16.4. The molecule has 0 bridgehead atoms. The Hall–Kier alpha value is -1.12. The molecule has 0 aromatic carbocycles. The lowest BCUT2D eigenvalue weighted by molar-refractivity contribution is -0.137. The number of allylic oxidation sites excluding steroid dienone is 4. The molecule has 0 radical (unpaired) electrons. The normalized spacial score (nSPS) is 13.1. The van der Waals surface area contributed by atoms with Crippen molar-refractivity contribution in [3.05, 3.63) is 24.3 Å². The molecule has 0 aliphatic carbocycles. The largest absolute Gasteiger partial charge is 0.481 e. The van der Waals surface area contributed by atoms with E-state index in [2.05, 4.69) is 24.3 Å². The van der Waals surface area contributed by atoms with E-state index in [0.717, 1.165) is 38.5 Å². The summed E-state index contributed by atoms with van der Waals surface area (Å²) in [7, 11) is 0. The van der Waals surface area contributed by atoms with Crippen LogP contribution in [0.1, 0.15) is 90.4 Å². The molecule has 0 fully saturated rings. The molecule has 0 spiro atoms. The Labute approximate surface area is 141 Å². The third-order valence-corrected chi connectivity index (χ3v) is 3.81. The molecule has 0 heterocycles. The van der Waals surface area contributed by atoms with E-state index >= 15 is 0 Å². The number of unbranched alkanes of at least 4 members (excludes halogenated alkanes) is 8. The first kappa shape index (κ1) is 21.9. The summed E-state index contributed by atoms with van der Waals surface area (Å²) < 4.78 is 12.6. The van der Waals surface area contributed by atoms with Crippen molar-refractivity contribution in [3.63, 3.8) is 0 Å². The Bertz CT molecular complexity index is 322. The monoisotopic (exact) mass is 326 g/mol. The average Bonchev–Trinajstić information content (AvgIpc) is 2.49. The van der Waals surface area contributed by atoms with E-state index in [1.54, 1.807) is 6.92 Å². The van der Waals surface area contributed by atoms with Gasteiger partial charge in [-0.3, -0.25) is 4.79 Å². The van der Waals surface area contributed by atoms with Crippen LogP contribution in [0.5, 0.6) is 0 Å². The van der Waals surface area contributed by atoms with Gasteiger partial charge in [-0.1, -0.05) is 43.6 Å². The van der Waals surface area contributed by atoms with E-state index in [-0.39, 0.29) is 6.42 Å². The number of carboxylic acid groups (broad SMARTS) is 1. The zero-order valence-corrected chi connectivity index (χ0v) is 14.8. The maximum atomic E-state index is 12.6. The topological polar surface area (TPSA) is 37.3 Å². The first-order valence-electron chi connectivity index (χ1n) is 9.28.